The maximum absolute atomic E-state index is 8.52. The Balaban J connectivity index is 0.00000361. The Hall–Kier alpha value is -0.860. The highest BCUT2D eigenvalue weighted by atomic mass is 127. The van der Waals surface area contributed by atoms with Gasteiger partial charge in [-0.15, -0.1) is 24.0 Å². The van der Waals surface area contributed by atoms with E-state index >= 15 is 0 Å². The largest absolute Gasteiger partial charge is 0.394 e. The van der Waals surface area contributed by atoms with Gasteiger partial charge in [-0.1, -0.05) is 30.3 Å². The highest BCUT2D eigenvalue weighted by Gasteiger charge is 1.94. The van der Waals surface area contributed by atoms with Crippen molar-refractivity contribution < 1.29 is 9.84 Å². The Labute approximate surface area is 137 Å². The molecule has 5 nitrogen and oxygen atoms in total. The van der Waals surface area contributed by atoms with E-state index in [1.807, 2.05) is 18.2 Å². The van der Waals surface area contributed by atoms with Gasteiger partial charge in [0.2, 0.25) is 0 Å². The number of hydrogen-bond acceptors (Lipinski definition) is 3. The number of aliphatic hydroxyl groups is 1. The van der Waals surface area contributed by atoms with E-state index in [-0.39, 0.29) is 30.6 Å². The lowest BCUT2D eigenvalue weighted by Crippen LogP contribution is -2.33. The van der Waals surface area contributed by atoms with E-state index in [1.54, 1.807) is 0 Å². The van der Waals surface area contributed by atoms with Crippen LogP contribution in [0.1, 0.15) is 12.0 Å². The SMILES string of the molecule is I.NC(=NCCCOCCO)NCCc1ccccc1. The van der Waals surface area contributed by atoms with Crippen molar-refractivity contribution in [1.82, 2.24) is 5.32 Å². The van der Waals surface area contributed by atoms with Crippen molar-refractivity contribution >= 4 is 29.9 Å². The van der Waals surface area contributed by atoms with Crippen LogP contribution in [0.15, 0.2) is 35.3 Å². The summed E-state index contributed by atoms with van der Waals surface area (Å²) < 4.78 is 5.12. The molecule has 0 spiro atoms. The van der Waals surface area contributed by atoms with Gasteiger partial charge in [-0.3, -0.25) is 4.99 Å². The monoisotopic (exact) mass is 393 g/mol. The zero-order chi connectivity index (χ0) is 13.8. The zero-order valence-electron chi connectivity index (χ0n) is 11.6. The minimum atomic E-state index is 0. The van der Waals surface area contributed by atoms with Crippen LogP contribution < -0.4 is 11.1 Å². The molecule has 0 saturated heterocycles. The van der Waals surface area contributed by atoms with E-state index in [9.17, 15) is 0 Å². The summed E-state index contributed by atoms with van der Waals surface area (Å²) in [5.41, 5.74) is 7.01. The molecule has 0 aliphatic carbocycles. The van der Waals surface area contributed by atoms with Crippen molar-refractivity contribution in [3.8, 4) is 0 Å². The van der Waals surface area contributed by atoms with Gasteiger partial charge in [0.15, 0.2) is 5.96 Å². The number of halogens is 1. The summed E-state index contributed by atoms with van der Waals surface area (Å²) in [6, 6.07) is 10.2. The molecular weight excluding hydrogens is 369 g/mol. The van der Waals surface area contributed by atoms with Gasteiger partial charge in [-0.25, -0.2) is 0 Å². The van der Waals surface area contributed by atoms with Crippen LogP contribution in [0.25, 0.3) is 0 Å². The molecule has 4 N–H and O–H groups in total. The van der Waals surface area contributed by atoms with Crippen LogP contribution in [-0.4, -0.2) is 44.0 Å². The summed E-state index contributed by atoms with van der Waals surface area (Å²) >= 11 is 0. The molecule has 0 aliphatic rings. The number of nitrogens with two attached hydrogens (primary N) is 1. The lowest BCUT2D eigenvalue weighted by atomic mass is 10.1. The second-order valence-corrected chi connectivity index (χ2v) is 4.12. The average molecular weight is 393 g/mol. The summed E-state index contributed by atoms with van der Waals surface area (Å²) in [5.74, 6) is 0.470. The zero-order valence-corrected chi connectivity index (χ0v) is 14.0. The first kappa shape index (κ1) is 19.1. The first-order chi connectivity index (χ1) is 9.33. The fraction of sp³-hybridized carbons (Fsp3) is 0.500. The molecule has 1 aromatic carbocycles. The molecule has 0 fully saturated rings. The van der Waals surface area contributed by atoms with Gasteiger partial charge in [0, 0.05) is 19.7 Å². The molecule has 6 heteroatoms. The minimum absolute atomic E-state index is 0. The maximum Gasteiger partial charge on any atom is 0.188 e. The van der Waals surface area contributed by atoms with Gasteiger partial charge in [-0.05, 0) is 18.4 Å². The second kappa shape index (κ2) is 13.1. The molecule has 0 bridgehead atoms. The van der Waals surface area contributed by atoms with E-state index in [1.165, 1.54) is 5.56 Å². The molecule has 114 valence electrons. The predicted octanol–water partition coefficient (Wildman–Crippen LogP) is 1.15. The summed E-state index contributed by atoms with van der Waals surface area (Å²) in [5, 5.41) is 11.6. The number of ether oxygens (including phenoxy) is 1. The van der Waals surface area contributed by atoms with Crippen LogP contribution in [0.2, 0.25) is 0 Å². The fourth-order valence-electron chi connectivity index (χ4n) is 1.57. The van der Waals surface area contributed by atoms with Gasteiger partial charge >= 0.3 is 0 Å². The van der Waals surface area contributed by atoms with E-state index < -0.39 is 0 Å². The van der Waals surface area contributed by atoms with Crippen LogP contribution in [0, 0.1) is 0 Å². The number of guanidine groups is 1. The molecule has 1 rings (SSSR count). The van der Waals surface area contributed by atoms with Crippen molar-refractivity contribution in [1.29, 1.82) is 0 Å². The molecule has 0 heterocycles. The minimum Gasteiger partial charge on any atom is -0.394 e. The molecule has 0 saturated carbocycles. The lowest BCUT2D eigenvalue weighted by Gasteiger charge is -2.06. The first-order valence-corrected chi connectivity index (χ1v) is 6.59. The van der Waals surface area contributed by atoms with E-state index in [2.05, 4.69) is 22.4 Å². The van der Waals surface area contributed by atoms with Crippen LogP contribution >= 0.6 is 24.0 Å². The molecule has 0 aliphatic heterocycles. The molecule has 1 aromatic rings. The van der Waals surface area contributed by atoms with Crippen molar-refractivity contribution in [3.63, 3.8) is 0 Å². The van der Waals surface area contributed by atoms with Gasteiger partial charge in [0.05, 0.1) is 13.2 Å². The topological polar surface area (TPSA) is 79.9 Å². The molecular formula is C14H24IN3O2. The maximum atomic E-state index is 8.52. The van der Waals surface area contributed by atoms with Gasteiger partial charge in [0.25, 0.3) is 0 Å². The van der Waals surface area contributed by atoms with E-state index in [4.69, 9.17) is 15.6 Å². The summed E-state index contributed by atoms with van der Waals surface area (Å²) in [4.78, 5) is 4.19. The molecule has 0 amide bonds. The van der Waals surface area contributed by atoms with Crippen LogP contribution in [0.3, 0.4) is 0 Å². The Morgan fingerprint density at radius 2 is 2.00 bits per heavy atom. The van der Waals surface area contributed by atoms with Crippen LogP contribution in [0.4, 0.5) is 0 Å². The standard InChI is InChI=1S/C14H23N3O2.HI/c15-14(16-8-4-11-19-12-10-18)17-9-7-13-5-2-1-3-6-13;/h1-3,5-6,18H,4,7-12H2,(H3,15,16,17);1H. The van der Waals surface area contributed by atoms with Crippen LogP contribution in [0.5, 0.6) is 0 Å². The lowest BCUT2D eigenvalue weighted by molar-refractivity contribution is 0.0918. The number of aliphatic hydroxyl groups excluding tert-OH is 1. The number of benzene rings is 1. The molecule has 0 radical (unpaired) electrons. The smallest absolute Gasteiger partial charge is 0.188 e. The predicted molar refractivity (Wildman–Crippen MR) is 92.6 cm³/mol. The number of nitrogens with zero attached hydrogens (tertiary/aromatic N) is 1. The van der Waals surface area contributed by atoms with Crippen molar-refractivity contribution in [2.24, 2.45) is 10.7 Å². The number of nitrogens with one attached hydrogen (secondary N) is 1. The molecule has 0 aromatic heterocycles. The summed E-state index contributed by atoms with van der Waals surface area (Å²) in [6.45, 7) is 2.46. The third-order valence-corrected chi connectivity index (χ3v) is 2.53. The Kier molecular flexibility index (Phi) is 12.6. The summed E-state index contributed by atoms with van der Waals surface area (Å²) in [7, 11) is 0. The van der Waals surface area contributed by atoms with Crippen molar-refractivity contribution in [3.05, 3.63) is 35.9 Å². The van der Waals surface area contributed by atoms with E-state index in [0.717, 1.165) is 19.4 Å². The third-order valence-electron chi connectivity index (χ3n) is 2.53. The molecule has 20 heavy (non-hydrogen) atoms. The Bertz CT molecular complexity index is 361. The fourth-order valence-corrected chi connectivity index (χ4v) is 1.57. The van der Waals surface area contributed by atoms with Crippen LogP contribution in [-0.2, 0) is 11.2 Å². The van der Waals surface area contributed by atoms with Crippen molar-refractivity contribution in [2.45, 2.75) is 12.8 Å². The normalized spacial score (nSPS) is 10.9. The first-order valence-electron chi connectivity index (χ1n) is 6.59. The number of rotatable bonds is 9. The van der Waals surface area contributed by atoms with Gasteiger partial charge in [-0.2, -0.15) is 0 Å². The highest BCUT2D eigenvalue weighted by molar-refractivity contribution is 14.0. The Morgan fingerprint density at radius 3 is 2.70 bits per heavy atom. The quantitative estimate of drug-likeness (QED) is 0.255. The van der Waals surface area contributed by atoms with Gasteiger partial charge < -0.3 is 20.9 Å². The third kappa shape index (κ3) is 9.99. The molecule has 0 atom stereocenters. The second-order valence-electron chi connectivity index (χ2n) is 4.12. The highest BCUT2D eigenvalue weighted by Crippen LogP contribution is 1.97. The van der Waals surface area contributed by atoms with Crippen molar-refractivity contribution in [2.75, 3.05) is 32.9 Å². The Morgan fingerprint density at radius 1 is 1.25 bits per heavy atom. The van der Waals surface area contributed by atoms with Gasteiger partial charge in [0.1, 0.15) is 0 Å². The number of aliphatic imine (C=N–C) groups is 1. The number of hydrogen-bond donors (Lipinski definition) is 3. The molecule has 0 unspecified atom stereocenters. The van der Waals surface area contributed by atoms with E-state index in [0.29, 0.717) is 25.7 Å². The summed E-state index contributed by atoms with van der Waals surface area (Å²) in [6.07, 6.45) is 1.73. The average Bonchev–Trinajstić information content (AvgIpc) is 2.44.